The molecule has 1 amide bonds. The van der Waals surface area contributed by atoms with Gasteiger partial charge < -0.3 is 4.90 Å². The largest absolute Gasteiger partial charge is 0.338 e. The van der Waals surface area contributed by atoms with Crippen molar-refractivity contribution in [1.29, 1.82) is 0 Å². The van der Waals surface area contributed by atoms with Gasteiger partial charge in [0, 0.05) is 37.3 Å². The molecular formula is C22H35N3O. The zero-order valence-electron chi connectivity index (χ0n) is 16.8. The Labute approximate surface area is 158 Å². The first kappa shape index (κ1) is 19.2. The van der Waals surface area contributed by atoms with Gasteiger partial charge in [0.2, 0.25) is 5.91 Å². The van der Waals surface area contributed by atoms with Crippen molar-refractivity contribution in [2.45, 2.75) is 78.2 Å². The van der Waals surface area contributed by atoms with Crippen LogP contribution in [0.15, 0.2) is 12.2 Å². The van der Waals surface area contributed by atoms with E-state index in [-0.39, 0.29) is 5.92 Å². The lowest BCUT2D eigenvalue weighted by Gasteiger charge is -2.31. The first-order chi connectivity index (χ1) is 12.6. The van der Waals surface area contributed by atoms with Gasteiger partial charge in [0.25, 0.3) is 0 Å². The van der Waals surface area contributed by atoms with Gasteiger partial charge in [-0.1, -0.05) is 37.8 Å². The first-order valence-electron chi connectivity index (χ1n) is 10.5. The number of hydrogen-bond acceptors (Lipinski definition) is 2. The van der Waals surface area contributed by atoms with Gasteiger partial charge in [-0.25, -0.2) is 0 Å². The van der Waals surface area contributed by atoms with Crippen LogP contribution in [0.4, 0.5) is 0 Å². The summed E-state index contributed by atoms with van der Waals surface area (Å²) < 4.78 is 1.95. The van der Waals surface area contributed by atoms with Crippen molar-refractivity contribution >= 4 is 5.91 Å². The van der Waals surface area contributed by atoms with Gasteiger partial charge in [-0.05, 0) is 51.9 Å². The molecule has 1 saturated carbocycles. The monoisotopic (exact) mass is 357 g/mol. The van der Waals surface area contributed by atoms with Crippen molar-refractivity contribution in [1.82, 2.24) is 14.7 Å². The van der Waals surface area contributed by atoms with E-state index in [9.17, 15) is 4.79 Å². The van der Waals surface area contributed by atoms with Crippen molar-refractivity contribution in [3.63, 3.8) is 0 Å². The molecule has 4 heteroatoms. The molecule has 0 bridgehead atoms. The normalized spacial score (nSPS) is 21.6. The molecule has 0 radical (unpaired) electrons. The number of carbonyl (C=O) groups is 1. The van der Waals surface area contributed by atoms with E-state index >= 15 is 0 Å². The van der Waals surface area contributed by atoms with E-state index in [1.165, 1.54) is 43.4 Å². The molecule has 1 heterocycles. The van der Waals surface area contributed by atoms with Crippen LogP contribution in [-0.4, -0.2) is 27.1 Å². The summed E-state index contributed by atoms with van der Waals surface area (Å²) in [5, 5.41) is 4.56. The van der Waals surface area contributed by atoms with Crippen LogP contribution < -0.4 is 0 Å². The summed E-state index contributed by atoms with van der Waals surface area (Å²) in [6, 6.07) is 0. The Morgan fingerprint density at radius 2 is 1.88 bits per heavy atom. The first-order valence-corrected chi connectivity index (χ1v) is 10.5. The van der Waals surface area contributed by atoms with E-state index in [1.54, 1.807) is 0 Å². The lowest BCUT2D eigenvalue weighted by molar-refractivity contribution is -0.137. The van der Waals surface area contributed by atoms with Crippen LogP contribution in [0.2, 0.25) is 0 Å². The Morgan fingerprint density at radius 3 is 2.46 bits per heavy atom. The quantitative estimate of drug-likeness (QED) is 0.566. The second kappa shape index (κ2) is 8.88. The molecule has 0 saturated heterocycles. The molecule has 1 fully saturated rings. The third-order valence-electron chi connectivity index (χ3n) is 6.38. The van der Waals surface area contributed by atoms with E-state index in [0.29, 0.717) is 11.8 Å². The summed E-state index contributed by atoms with van der Waals surface area (Å²) >= 11 is 0. The van der Waals surface area contributed by atoms with E-state index < -0.39 is 0 Å². The summed E-state index contributed by atoms with van der Waals surface area (Å²) in [5.74, 6) is 1.23. The maximum Gasteiger partial charge on any atom is 0.225 e. The second-order valence-corrected chi connectivity index (χ2v) is 8.33. The Bertz CT molecular complexity index is 638. The van der Waals surface area contributed by atoms with Crippen LogP contribution in [-0.2, 0) is 18.4 Å². The SMILES string of the molecule is Cc1nn(C)c(C)c1CN(C[C@@H]1CC=CCC1)C(=O)C1CCCCCC1. The highest BCUT2D eigenvalue weighted by Crippen LogP contribution is 2.28. The molecule has 26 heavy (non-hydrogen) atoms. The molecule has 3 rings (SSSR count). The lowest BCUT2D eigenvalue weighted by Crippen LogP contribution is -2.39. The molecule has 0 N–H and O–H groups in total. The highest BCUT2D eigenvalue weighted by molar-refractivity contribution is 5.79. The van der Waals surface area contributed by atoms with Crippen molar-refractivity contribution in [3.05, 3.63) is 29.1 Å². The molecule has 0 aliphatic heterocycles. The van der Waals surface area contributed by atoms with E-state index in [4.69, 9.17) is 0 Å². The summed E-state index contributed by atoms with van der Waals surface area (Å²) in [4.78, 5) is 15.6. The van der Waals surface area contributed by atoms with E-state index in [2.05, 4.69) is 36.0 Å². The zero-order valence-corrected chi connectivity index (χ0v) is 16.8. The third-order valence-corrected chi connectivity index (χ3v) is 6.38. The average Bonchev–Trinajstić information content (AvgIpc) is 2.85. The predicted molar refractivity (Wildman–Crippen MR) is 106 cm³/mol. The molecule has 144 valence electrons. The van der Waals surface area contributed by atoms with Crippen LogP contribution >= 0.6 is 0 Å². The Balaban J connectivity index is 1.78. The predicted octanol–water partition coefficient (Wildman–Crippen LogP) is 4.69. The topological polar surface area (TPSA) is 38.1 Å². The summed E-state index contributed by atoms with van der Waals surface area (Å²) in [5.41, 5.74) is 3.48. The van der Waals surface area contributed by atoms with E-state index in [1.807, 2.05) is 11.7 Å². The highest BCUT2D eigenvalue weighted by Gasteiger charge is 2.28. The fourth-order valence-corrected chi connectivity index (χ4v) is 4.59. The van der Waals surface area contributed by atoms with Crippen LogP contribution in [0.25, 0.3) is 0 Å². The second-order valence-electron chi connectivity index (χ2n) is 8.33. The van der Waals surface area contributed by atoms with Crippen LogP contribution in [0.1, 0.15) is 74.7 Å². The van der Waals surface area contributed by atoms with Gasteiger partial charge in [-0.2, -0.15) is 5.10 Å². The van der Waals surface area contributed by atoms with E-state index in [0.717, 1.165) is 44.5 Å². The minimum absolute atomic E-state index is 0.230. The number of aryl methyl sites for hydroxylation is 2. The van der Waals surface area contributed by atoms with Gasteiger partial charge in [0.1, 0.15) is 0 Å². The summed E-state index contributed by atoms with van der Waals surface area (Å²) in [7, 11) is 2.00. The molecule has 0 spiro atoms. The van der Waals surface area contributed by atoms with Crippen LogP contribution in [0, 0.1) is 25.7 Å². The molecule has 1 atom stereocenters. The summed E-state index contributed by atoms with van der Waals surface area (Å²) in [6.07, 6.45) is 15.2. The smallest absolute Gasteiger partial charge is 0.225 e. The van der Waals surface area contributed by atoms with Gasteiger partial charge >= 0.3 is 0 Å². The molecule has 0 unspecified atom stereocenters. The number of allylic oxidation sites excluding steroid dienone is 2. The molecule has 2 aliphatic carbocycles. The molecule has 0 aromatic carbocycles. The van der Waals surface area contributed by atoms with Gasteiger partial charge in [0.05, 0.1) is 5.69 Å². The fraction of sp³-hybridized carbons (Fsp3) is 0.727. The van der Waals surface area contributed by atoms with Crippen molar-refractivity contribution < 1.29 is 4.79 Å². The van der Waals surface area contributed by atoms with Crippen LogP contribution in [0.3, 0.4) is 0 Å². The maximum absolute atomic E-state index is 13.4. The number of rotatable bonds is 5. The number of hydrogen-bond donors (Lipinski definition) is 0. The zero-order chi connectivity index (χ0) is 18.5. The number of amides is 1. The average molecular weight is 358 g/mol. The maximum atomic E-state index is 13.4. The van der Waals surface area contributed by atoms with Crippen molar-refractivity contribution in [3.8, 4) is 0 Å². The van der Waals surface area contributed by atoms with Crippen molar-refractivity contribution in [2.75, 3.05) is 6.54 Å². The van der Waals surface area contributed by atoms with Crippen molar-refractivity contribution in [2.24, 2.45) is 18.9 Å². The Hall–Kier alpha value is -1.58. The minimum Gasteiger partial charge on any atom is -0.338 e. The standard InChI is InChI=1S/C22H35N3O/c1-17-21(18(2)24(3)23-17)16-25(15-19-11-7-6-8-12-19)22(26)20-13-9-4-5-10-14-20/h6-7,19-20H,4-5,8-16H2,1-3H3/t19-/m1/s1. The Morgan fingerprint density at radius 1 is 1.15 bits per heavy atom. The minimum atomic E-state index is 0.230. The van der Waals surface area contributed by atoms with Crippen LogP contribution in [0.5, 0.6) is 0 Å². The number of nitrogens with zero attached hydrogens (tertiary/aromatic N) is 3. The lowest BCUT2D eigenvalue weighted by atomic mass is 9.92. The Kier molecular flexibility index (Phi) is 6.55. The molecule has 1 aromatic heterocycles. The number of aromatic nitrogens is 2. The third kappa shape index (κ3) is 4.57. The highest BCUT2D eigenvalue weighted by atomic mass is 16.2. The molecular weight excluding hydrogens is 322 g/mol. The molecule has 1 aromatic rings. The molecule has 4 nitrogen and oxygen atoms in total. The summed E-state index contributed by atoms with van der Waals surface area (Å²) in [6.45, 7) is 5.81. The fourth-order valence-electron chi connectivity index (χ4n) is 4.59. The van der Waals surface area contributed by atoms with Gasteiger partial charge in [-0.15, -0.1) is 0 Å². The number of carbonyl (C=O) groups excluding carboxylic acids is 1. The molecule has 2 aliphatic rings. The van der Waals surface area contributed by atoms with Gasteiger partial charge in [0.15, 0.2) is 0 Å². The van der Waals surface area contributed by atoms with Gasteiger partial charge in [-0.3, -0.25) is 9.48 Å².